The van der Waals surface area contributed by atoms with Crippen molar-refractivity contribution in [1.82, 2.24) is 15.6 Å². The summed E-state index contributed by atoms with van der Waals surface area (Å²) < 4.78 is 0. The molecule has 6 nitrogen and oxygen atoms in total. The van der Waals surface area contributed by atoms with Crippen molar-refractivity contribution in [2.45, 2.75) is 65.5 Å². The van der Waals surface area contributed by atoms with Crippen LogP contribution in [0.4, 0.5) is 5.69 Å². The third-order valence-electron chi connectivity index (χ3n) is 5.25. The van der Waals surface area contributed by atoms with Gasteiger partial charge in [0, 0.05) is 23.5 Å². The van der Waals surface area contributed by atoms with E-state index in [1.807, 2.05) is 24.3 Å². The van der Waals surface area contributed by atoms with E-state index in [1.54, 1.807) is 11.3 Å². The Bertz CT molecular complexity index is 855. The van der Waals surface area contributed by atoms with Crippen molar-refractivity contribution in [2.75, 3.05) is 11.9 Å². The second-order valence-corrected chi connectivity index (χ2v) is 8.98. The van der Waals surface area contributed by atoms with Crippen LogP contribution in [0.5, 0.6) is 0 Å². The number of nitrogens with one attached hydrogen (secondary N) is 3. The number of carbonyl (C=O) groups excluding carboxylic acids is 1. The first-order valence-electron chi connectivity index (χ1n) is 10.9. The second-order valence-electron chi connectivity index (χ2n) is 8.04. The van der Waals surface area contributed by atoms with Crippen LogP contribution in [0.15, 0.2) is 34.6 Å². The number of aliphatic imine (C=N–C) groups is 1. The van der Waals surface area contributed by atoms with Crippen LogP contribution in [0.25, 0.3) is 0 Å². The lowest BCUT2D eigenvalue weighted by Gasteiger charge is -2.12. The minimum Gasteiger partial charge on any atom is -0.357 e. The lowest BCUT2D eigenvalue weighted by atomic mass is 10.1. The van der Waals surface area contributed by atoms with Crippen LogP contribution in [0, 0.1) is 5.92 Å². The summed E-state index contributed by atoms with van der Waals surface area (Å²) in [6, 6.07) is 7.96. The van der Waals surface area contributed by atoms with Gasteiger partial charge in [-0.1, -0.05) is 38.8 Å². The van der Waals surface area contributed by atoms with Crippen LogP contribution in [0.1, 0.15) is 68.6 Å². The minimum atomic E-state index is 0.146. The summed E-state index contributed by atoms with van der Waals surface area (Å²) in [6.45, 7) is 8.34. The number of amides is 1. The number of hydrogen-bond donors (Lipinski definition) is 3. The van der Waals surface area contributed by atoms with Gasteiger partial charge in [-0.05, 0) is 43.4 Å². The van der Waals surface area contributed by atoms with Crippen LogP contribution in [0.3, 0.4) is 0 Å². The predicted octanol–water partition coefficient (Wildman–Crippen LogP) is 4.65. The summed E-state index contributed by atoms with van der Waals surface area (Å²) >= 11 is 1.67. The molecule has 1 aromatic heterocycles. The number of hydrogen-bond acceptors (Lipinski definition) is 4. The molecule has 7 heteroatoms. The number of benzene rings is 1. The van der Waals surface area contributed by atoms with E-state index < -0.39 is 0 Å². The topological polar surface area (TPSA) is 78.4 Å². The summed E-state index contributed by atoms with van der Waals surface area (Å²) in [5.74, 6) is 1.52. The van der Waals surface area contributed by atoms with Gasteiger partial charge in [0.15, 0.2) is 5.96 Å². The zero-order valence-electron chi connectivity index (χ0n) is 18.2. The van der Waals surface area contributed by atoms with E-state index in [1.165, 1.54) is 0 Å². The summed E-state index contributed by atoms with van der Waals surface area (Å²) in [5, 5.41) is 12.9. The van der Waals surface area contributed by atoms with Crippen molar-refractivity contribution in [1.29, 1.82) is 0 Å². The van der Waals surface area contributed by atoms with Crippen molar-refractivity contribution in [3.05, 3.63) is 45.9 Å². The quantitative estimate of drug-likeness (QED) is 0.423. The first-order valence-corrected chi connectivity index (χ1v) is 11.8. The summed E-state index contributed by atoms with van der Waals surface area (Å²) in [4.78, 5) is 21.7. The Morgan fingerprint density at radius 3 is 2.77 bits per heavy atom. The summed E-state index contributed by atoms with van der Waals surface area (Å²) in [7, 11) is 0. The van der Waals surface area contributed by atoms with Gasteiger partial charge in [-0.2, -0.15) is 0 Å². The van der Waals surface area contributed by atoms with E-state index in [4.69, 9.17) is 4.99 Å². The molecule has 0 atom stereocenters. The number of guanidine groups is 1. The van der Waals surface area contributed by atoms with Crippen molar-refractivity contribution in [3.63, 3.8) is 0 Å². The van der Waals surface area contributed by atoms with Crippen molar-refractivity contribution in [2.24, 2.45) is 10.9 Å². The molecule has 1 aliphatic rings. The number of thiazole rings is 1. The number of nitrogens with zero attached hydrogens (tertiary/aromatic N) is 2. The average Bonchev–Trinajstić information content (AvgIpc) is 3.42. The zero-order chi connectivity index (χ0) is 21.3. The average molecular weight is 428 g/mol. The van der Waals surface area contributed by atoms with Crippen molar-refractivity contribution in [3.8, 4) is 0 Å². The third-order valence-corrected chi connectivity index (χ3v) is 6.12. The second kappa shape index (κ2) is 11.1. The molecule has 1 aliphatic carbocycles. The summed E-state index contributed by atoms with van der Waals surface area (Å²) in [5.41, 5.74) is 3.05. The summed E-state index contributed by atoms with van der Waals surface area (Å²) in [6.07, 6.45) is 4.33. The molecule has 0 saturated heterocycles. The lowest BCUT2D eigenvalue weighted by Crippen LogP contribution is -2.36. The fourth-order valence-corrected chi connectivity index (χ4v) is 4.42. The normalized spacial score (nSPS) is 14.9. The molecule has 0 aliphatic heterocycles. The maximum Gasteiger partial charge on any atom is 0.227 e. The molecule has 1 fully saturated rings. The van der Waals surface area contributed by atoms with E-state index >= 15 is 0 Å². The number of rotatable bonds is 8. The molecule has 2 aromatic rings. The van der Waals surface area contributed by atoms with Gasteiger partial charge in [-0.15, -0.1) is 11.3 Å². The van der Waals surface area contributed by atoms with Gasteiger partial charge in [-0.25, -0.2) is 9.98 Å². The molecule has 0 spiro atoms. The molecule has 3 rings (SSSR count). The Morgan fingerprint density at radius 1 is 1.27 bits per heavy atom. The third kappa shape index (κ3) is 6.55. The minimum absolute atomic E-state index is 0.146. The van der Waals surface area contributed by atoms with Gasteiger partial charge in [0.1, 0.15) is 5.01 Å². The smallest absolute Gasteiger partial charge is 0.227 e. The molecule has 0 unspecified atom stereocenters. The van der Waals surface area contributed by atoms with Gasteiger partial charge < -0.3 is 16.0 Å². The molecule has 30 heavy (non-hydrogen) atoms. The van der Waals surface area contributed by atoms with Gasteiger partial charge in [0.05, 0.1) is 18.8 Å². The fourth-order valence-electron chi connectivity index (χ4n) is 3.52. The van der Waals surface area contributed by atoms with Crippen LogP contribution in [0.2, 0.25) is 0 Å². The number of anilines is 1. The van der Waals surface area contributed by atoms with E-state index in [0.717, 1.165) is 60.1 Å². The first kappa shape index (κ1) is 22.3. The van der Waals surface area contributed by atoms with Crippen LogP contribution >= 0.6 is 11.3 Å². The number of carbonyl (C=O) groups is 1. The maximum atomic E-state index is 12.4. The lowest BCUT2D eigenvalue weighted by molar-refractivity contribution is -0.119. The first-order chi connectivity index (χ1) is 14.5. The highest BCUT2D eigenvalue weighted by atomic mass is 32.1. The van der Waals surface area contributed by atoms with Gasteiger partial charge in [0.25, 0.3) is 0 Å². The highest BCUT2D eigenvalue weighted by Crippen LogP contribution is 2.26. The Labute approximate surface area is 183 Å². The Kier molecular flexibility index (Phi) is 8.25. The Balaban J connectivity index is 1.57. The molecular weight excluding hydrogens is 394 g/mol. The van der Waals surface area contributed by atoms with E-state index in [9.17, 15) is 4.79 Å². The molecule has 162 valence electrons. The van der Waals surface area contributed by atoms with E-state index in [0.29, 0.717) is 19.0 Å². The highest BCUT2D eigenvalue weighted by Gasteiger charge is 2.22. The molecule has 1 aromatic carbocycles. The fraction of sp³-hybridized carbons (Fsp3) is 0.522. The molecule has 1 saturated carbocycles. The van der Waals surface area contributed by atoms with Crippen LogP contribution < -0.4 is 16.0 Å². The molecule has 1 heterocycles. The Hall–Kier alpha value is -2.41. The molecule has 0 bridgehead atoms. The molecular formula is C23H33N5OS. The molecule has 0 radical (unpaired) electrons. The largest absolute Gasteiger partial charge is 0.357 e. The van der Waals surface area contributed by atoms with Crippen LogP contribution in [-0.2, 0) is 17.9 Å². The van der Waals surface area contributed by atoms with Crippen molar-refractivity contribution < 1.29 is 4.79 Å². The predicted molar refractivity (Wildman–Crippen MR) is 125 cm³/mol. The standard InChI is InChI=1S/C23H33N5OS/c1-4-24-23(26-14-21-28-20(15-30-21)16(2)3)25-13-17-8-7-11-19(12-17)27-22(29)18-9-5-6-10-18/h7-8,11-12,15-16,18H,4-6,9-10,13-14H2,1-3H3,(H,27,29)(H2,24,25,26). The SMILES string of the molecule is CCNC(=NCc1cccc(NC(=O)C2CCCC2)c1)NCc1nc(C(C)C)cs1. The van der Waals surface area contributed by atoms with E-state index in [-0.39, 0.29) is 11.8 Å². The maximum absolute atomic E-state index is 12.4. The highest BCUT2D eigenvalue weighted by molar-refractivity contribution is 7.09. The zero-order valence-corrected chi connectivity index (χ0v) is 19.0. The van der Waals surface area contributed by atoms with Gasteiger partial charge in [0.2, 0.25) is 5.91 Å². The van der Waals surface area contributed by atoms with Crippen LogP contribution in [-0.4, -0.2) is 23.4 Å². The van der Waals surface area contributed by atoms with Crippen molar-refractivity contribution >= 4 is 28.9 Å². The Morgan fingerprint density at radius 2 is 2.07 bits per heavy atom. The van der Waals surface area contributed by atoms with Gasteiger partial charge >= 0.3 is 0 Å². The molecule has 1 amide bonds. The van der Waals surface area contributed by atoms with E-state index in [2.05, 4.69) is 47.1 Å². The monoisotopic (exact) mass is 427 g/mol. The number of aromatic nitrogens is 1. The molecule has 3 N–H and O–H groups in total. The van der Waals surface area contributed by atoms with Gasteiger partial charge in [-0.3, -0.25) is 4.79 Å².